The number of nitrogens with zero attached hydrogens (tertiary/aromatic N) is 6. The molecule has 94 heavy (non-hydrogen) atoms. The molecule has 0 saturated heterocycles. The Morgan fingerprint density at radius 1 is 0.202 bits per heavy atom. The molecule has 20 aromatic rings. The van der Waals surface area contributed by atoms with Gasteiger partial charge in [0, 0.05) is 82.1 Å². The van der Waals surface area contributed by atoms with Gasteiger partial charge in [0.05, 0.1) is 61.0 Å². The van der Waals surface area contributed by atoms with Gasteiger partial charge >= 0.3 is 0 Å². The van der Waals surface area contributed by atoms with Crippen molar-refractivity contribution < 1.29 is 0 Å². The van der Waals surface area contributed by atoms with Crippen molar-refractivity contribution in [3.8, 4) is 67.6 Å². The number of hydrogen-bond donors (Lipinski definition) is 0. The average molecular weight is 1200 g/mol. The second kappa shape index (κ2) is 20.4. The van der Waals surface area contributed by atoms with Gasteiger partial charge in [-0.3, -0.25) is 0 Å². The van der Waals surface area contributed by atoms with E-state index in [0.29, 0.717) is 5.82 Å². The summed E-state index contributed by atoms with van der Waals surface area (Å²) in [6.07, 6.45) is 0. The molecule has 15 aromatic carbocycles. The number of fused-ring (bicyclic) bond motifs is 16. The second-order valence-electron chi connectivity index (χ2n) is 24.9. The van der Waals surface area contributed by atoms with Crippen LogP contribution in [-0.4, -0.2) is 28.2 Å². The topological polar surface area (TPSA) is 45.5 Å². The zero-order valence-electron chi connectivity index (χ0n) is 50.9. The van der Waals surface area contributed by atoms with Gasteiger partial charge in [-0.2, -0.15) is 0 Å². The average Bonchev–Trinajstić information content (AvgIpc) is 1.47. The summed E-state index contributed by atoms with van der Waals surface area (Å²) in [7, 11) is 0. The van der Waals surface area contributed by atoms with E-state index in [-0.39, 0.29) is 0 Å². The Kier molecular flexibility index (Phi) is 11.3. The fraction of sp³-hybridized carbons (Fsp3) is 0. The summed E-state index contributed by atoms with van der Waals surface area (Å²) in [6.45, 7) is 0. The van der Waals surface area contributed by atoms with Crippen LogP contribution in [0.3, 0.4) is 0 Å². The SMILES string of the molecule is c1ccc(-n2c3ccccc3c3cc(-c4ccc5c(c4)c4ccccc4n5-c4ccc5cc(-c6nc(-c7ccccc7-n7c8ccccc8c8cc(-c9ccc%10c(c9)c9ccccc9n%10-c9ccccc9)ccc87)c7ccc8ccccc8c7n6)ccc5c4)ccc32)cc1. The predicted molar refractivity (Wildman–Crippen MR) is 394 cm³/mol. The minimum Gasteiger partial charge on any atom is -0.309 e. The Bertz CT molecular complexity index is 6540. The largest absolute Gasteiger partial charge is 0.309 e. The molecular formula is C88H54N6. The number of benzene rings is 15. The van der Waals surface area contributed by atoms with E-state index in [1.807, 2.05) is 0 Å². The van der Waals surface area contributed by atoms with Crippen molar-refractivity contribution in [3.63, 3.8) is 0 Å². The molecular weight excluding hydrogens is 1140 g/mol. The molecule has 5 aromatic heterocycles. The lowest BCUT2D eigenvalue weighted by Crippen LogP contribution is -2.01. The van der Waals surface area contributed by atoms with Crippen LogP contribution in [-0.2, 0) is 0 Å². The maximum atomic E-state index is 5.67. The molecule has 0 atom stereocenters. The first-order valence-electron chi connectivity index (χ1n) is 32.2. The Hall–Kier alpha value is -12.6. The van der Waals surface area contributed by atoms with E-state index in [0.717, 1.165) is 88.6 Å². The van der Waals surface area contributed by atoms with Gasteiger partial charge in [0.1, 0.15) is 0 Å². The van der Waals surface area contributed by atoms with Crippen molar-refractivity contribution in [2.45, 2.75) is 0 Å². The Morgan fingerprint density at radius 2 is 0.585 bits per heavy atom. The van der Waals surface area contributed by atoms with Crippen LogP contribution in [0.1, 0.15) is 0 Å². The Labute approximate surface area is 540 Å². The summed E-state index contributed by atoms with van der Waals surface area (Å²) < 4.78 is 9.61. The van der Waals surface area contributed by atoms with Crippen molar-refractivity contribution in [2.75, 3.05) is 0 Å². The quantitative estimate of drug-likeness (QED) is 0.142. The second-order valence-corrected chi connectivity index (χ2v) is 24.9. The van der Waals surface area contributed by atoms with Gasteiger partial charge < -0.3 is 18.3 Å². The van der Waals surface area contributed by atoms with Crippen molar-refractivity contribution in [3.05, 3.63) is 328 Å². The monoisotopic (exact) mass is 1190 g/mol. The van der Waals surface area contributed by atoms with E-state index in [9.17, 15) is 0 Å². The van der Waals surface area contributed by atoms with E-state index >= 15 is 0 Å². The van der Waals surface area contributed by atoms with Crippen molar-refractivity contribution in [1.82, 2.24) is 28.2 Å². The molecule has 0 radical (unpaired) electrons. The standard InChI is InChI=1S/C88H54N6/c1-3-20-63(21-4-1)91-77-30-14-9-25-67(77)73-51-58(39-45-82(73)91)60-41-47-84-75(53-60)69-27-11-16-32-79(69)93(84)65-43-37-56-49-62(36-35-57(56)50-65)88-89-86-66-24-8-7-19-55(66)38-44-72(86)87(90-88)71-29-13-18-34-81(71)94-80-33-17-12-28-70(80)76-54-61(42-48-85(76)94)59-40-46-83-74(52-59)68-26-10-15-31-78(68)92(83)64-22-5-2-6-23-64/h1-54H. The van der Waals surface area contributed by atoms with E-state index in [1.165, 1.54) is 92.9 Å². The molecule has 0 spiro atoms. The normalized spacial score (nSPS) is 12.0. The Balaban J connectivity index is 0.689. The first-order valence-corrected chi connectivity index (χ1v) is 32.2. The summed E-state index contributed by atoms with van der Waals surface area (Å²) in [6, 6.07) is 120. The summed E-state index contributed by atoms with van der Waals surface area (Å²) in [5, 5.41) is 15.2. The maximum absolute atomic E-state index is 5.67. The van der Waals surface area contributed by atoms with Crippen molar-refractivity contribution >= 4 is 120 Å². The predicted octanol–water partition coefficient (Wildman–Crippen LogP) is 23.0. The molecule has 0 aliphatic rings. The number of rotatable bonds is 8. The first kappa shape index (κ1) is 52.2. The van der Waals surface area contributed by atoms with Crippen LogP contribution < -0.4 is 0 Å². The van der Waals surface area contributed by atoms with Gasteiger partial charge in [-0.15, -0.1) is 0 Å². The molecule has 0 aliphatic heterocycles. The molecule has 0 bridgehead atoms. The number of hydrogen-bond acceptors (Lipinski definition) is 2. The molecule has 0 N–H and O–H groups in total. The van der Waals surface area contributed by atoms with Gasteiger partial charge in [0.15, 0.2) is 5.82 Å². The van der Waals surface area contributed by atoms with Gasteiger partial charge in [0.25, 0.3) is 0 Å². The first-order chi connectivity index (χ1) is 46.6. The van der Waals surface area contributed by atoms with E-state index < -0.39 is 0 Å². The summed E-state index contributed by atoms with van der Waals surface area (Å²) in [4.78, 5) is 11.2. The highest BCUT2D eigenvalue weighted by molar-refractivity contribution is 6.16. The van der Waals surface area contributed by atoms with Gasteiger partial charge in [-0.25, -0.2) is 9.97 Å². The van der Waals surface area contributed by atoms with Crippen LogP contribution in [0.5, 0.6) is 0 Å². The van der Waals surface area contributed by atoms with E-state index in [2.05, 4.69) is 346 Å². The van der Waals surface area contributed by atoms with Crippen molar-refractivity contribution in [1.29, 1.82) is 0 Å². The minimum atomic E-state index is 0.676. The lowest BCUT2D eigenvalue weighted by Gasteiger charge is -2.17. The molecule has 0 saturated carbocycles. The minimum absolute atomic E-state index is 0.676. The highest BCUT2D eigenvalue weighted by Gasteiger charge is 2.23. The fourth-order valence-corrected chi connectivity index (χ4v) is 15.4. The van der Waals surface area contributed by atoms with E-state index in [4.69, 9.17) is 9.97 Å². The highest BCUT2D eigenvalue weighted by atomic mass is 15.0. The van der Waals surface area contributed by atoms with Crippen molar-refractivity contribution in [2.24, 2.45) is 0 Å². The lowest BCUT2D eigenvalue weighted by atomic mass is 9.99. The van der Waals surface area contributed by atoms with Gasteiger partial charge in [-0.1, -0.05) is 200 Å². The maximum Gasteiger partial charge on any atom is 0.160 e. The molecule has 0 unspecified atom stereocenters. The third-order valence-corrected chi connectivity index (χ3v) is 19.7. The molecule has 0 aliphatic carbocycles. The van der Waals surface area contributed by atoms with Gasteiger partial charge in [-0.05, 0) is 166 Å². The third kappa shape index (κ3) is 7.90. The van der Waals surface area contributed by atoms with Crippen LogP contribution >= 0.6 is 0 Å². The molecule has 0 fully saturated rings. The van der Waals surface area contributed by atoms with Crippen LogP contribution in [0.25, 0.3) is 187 Å². The van der Waals surface area contributed by atoms with Crippen LogP contribution in [0.2, 0.25) is 0 Å². The zero-order chi connectivity index (χ0) is 61.5. The number of para-hydroxylation sites is 7. The van der Waals surface area contributed by atoms with Gasteiger partial charge in [0.2, 0.25) is 0 Å². The number of aromatic nitrogens is 6. The van der Waals surface area contributed by atoms with E-state index in [1.54, 1.807) is 0 Å². The molecule has 5 heterocycles. The molecule has 436 valence electrons. The van der Waals surface area contributed by atoms with Crippen LogP contribution in [0, 0.1) is 0 Å². The molecule has 20 rings (SSSR count). The molecule has 6 nitrogen and oxygen atoms in total. The summed E-state index contributed by atoms with van der Waals surface area (Å²) in [5.74, 6) is 0.676. The molecule has 6 heteroatoms. The summed E-state index contributed by atoms with van der Waals surface area (Å²) in [5.41, 5.74) is 22.3. The summed E-state index contributed by atoms with van der Waals surface area (Å²) >= 11 is 0. The third-order valence-electron chi connectivity index (χ3n) is 19.7. The van der Waals surface area contributed by atoms with Crippen LogP contribution in [0.15, 0.2) is 328 Å². The highest BCUT2D eigenvalue weighted by Crippen LogP contribution is 2.44. The van der Waals surface area contributed by atoms with Crippen LogP contribution in [0.4, 0.5) is 0 Å². The zero-order valence-corrected chi connectivity index (χ0v) is 50.9. The fourth-order valence-electron chi connectivity index (χ4n) is 15.4. The Morgan fingerprint density at radius 3 is 1.12 bits per heavy atom. The smallest absolute Gasteiger partial charge is 0.160 e. The lowest BCUT2D eigenvalue weighted by molar-refractivity contribution is 1.17. The molecule has 0 amide bonds.